The number of carbonyl (C=O) groups excluding carboxylic acids is 1. The minimum Gasteiger partial charge on any atom is -0.468 e. The van der Waals surface area contributed by atoms with Crippen LogP contribution in [-0.2, 0) is 14.3 Å². The zero-order valence-corrected chi connectivity index (χ0v) is 7.11. The number of hydrogen-bond donors (Lipinski definition) is 2. The molecule has 1 aliphatic rings. The Bertz CT molecular complexity index is 171. The van der Waals surface area contributed by atoms with Gasteiger partial charge in [0.1, 0.15) is 12.1 Å². The highest BCUT2D eigenvalue weighted by molar-refractivity contribution is 6.46. The number of methoxy groups -OCH3 is 1. The van der Waals surface area contributed by atoms with E-state index >= 15 is 0 Å². The number of rotatable bonds is 4. The molecule has 1 aliphatic heterocycles. The Morgan fingerprint density at radius 1 is 1.92 bits per heavy atom. The fourth-order valence-corrected chi connectivity index (χ4v) is 0.962. The highest BCUT2D eigenvalue weighted by Gasteiger charge is 2.39. The van der Waals surface area contributed by atoms with Gasteiger partial charge in [-0.25, -0.2) is 0 Å². The van der Waals surface area contributed by atoms with E-state index in [1.807, 2.05) is 0 Å². The van der Waals surface area contributed by atoms with Gasteiger partial charge in [-0.15, -0.1) is 0 Å². The maximum Gasteiger partial charge on any atom is 0.374 e. The Morgan fingerprint density at radius 2 is 2.50 bits per heavy atom. The first-order valence-corrected chi connectivity index (χ1v) is 3.78. The average Bonchev–Trinajstić information content (AvgIpc) is 2.81. The van der Waals surface area contributed by atoms with Gasteiger partial charge in [0.25, 0.3) is 0 Å². The molecular weight excluding hydrogens is 161 g/mol. The highest BCUT2D eigenvalue weighted by atomic mass is 16.6. The molecule has 5 nitrogen and oxygen atoms in total. The second-order valence-electron chi connectivity index (χ2n) is 2.72. The van der Waals surface area contributed by atoms with Crippen LogP contribution in [0.4, 0.5) is 0 Å². The van der Waals surface area contributed by atoms with E-state index in [9.17, 15) is 4.79 Å². The van der Waals surface area contributed by atoms with E-state index in [1.165, 1.54) is 7.11 Å². The Balaban J connectivity index is 2.42. The molecule has 0 bridgehead atoms. The van der Waals surface area contributed by atoms with Gasteiger partial charge in [0.15, 0.2) is 0 Å². The molecule has 68 valence electrons. The smallest absolute Gasteiger partial charge is 0.374 e. The molecule has 0 aromatic carbocycles. The summed E-state index contributed by atoms with van der Waals surface area (Å²) in [7, 11) is 0.569. The molecule has 0 aromatic heterocycles. The van der Waals surface area contributed by atoms with Crippen LogP contribution in [0.5, 0.6) is 0 Å². The summed E-state index contributed by atoms with van der Waals surface area (Å²) in [5.41, 5.74) is 0. The number of epoxide rings is 1. The summed E-state index contributed by atoms with van der Waals surface area (Å²) in [5.74, 6) is -0.404. The van der Waals surface area contributed by atoms with Crippen molar-refractivity contribution in [2.45, 2.75) is 19.0 Å². The summed E-state index contributed by atoms with van der Waals surface area (Å²) in [5, 5.41) is 11.6. The maximum atomic E-state index is 11.1. The summed E-state index contributed by atoms with van der Waals surface area (Å²) in [6.45, 7) is 2.08. The van der Waals surface area contributed by atoms with Gasteiger partial charge in [-0.2, -0.15) is 0 Å². The SMILES string of the molecule is COC(=O)[C@@H](NB(C)O)[C@H]1CO1. The molecular formula is C6H12BNO4. The zero-order valence-electron chi connectivity index (χ0n) is 7.11. The van der Waals surface area contributed by atoms with Crippen LogP contribution in [0.25, 0.3) is 0 Å². The van der Waals surface area contributed by atoms with Gasteiger partial charge in [0.2, 0.25) is 0 Å². The molecule has 1 rings (SSSR count). The molecule has 6 heteroatoms. The second kappa shape index (κ2) is 3.89. The number of esters is 1. The van der Waals surface area contributed by atoms with E-state index in [2.05, 4.69) is 9.96 Å². The summed E-state index contributed by atoms with van der Waals surface area (Å²) in [6.07, 6.45) is -0.146. The number of nitrogens with one attached hydrogen (secondary N) is 1. The van der Waals surface area contributed by atoms with E-state index in [0.29, 0.717) is 6.61 Å². The monoisotopic (exact) mass is 173 g/mol. The van der Waals surface area contributed by atoms with Crippen LogP contribution in [0, 0.1) is 0 Å². The minimum atomic E-state index is -0.738. The lowest BCUT2D eigenvalue weighted by Crippen LogP contribution is -2.48. The van der Waals surface area contributed by atoms with E-state index in [-0.39, 0.29) is 6.10 Å². The van der Waals surface area contributed by atoms with Crippen molar-refractivity contribution in [2.75, 3.05) is 13.7 Å². The van der Waals surface area contributed by atoms with Crippen LogP contribution in [-0.4, -0.2) is 43.9 Å². The highest BCUT2D eigenvalue weighted by Crippen LogP contribution is 2.15. The molecule has 0 saturated carbocycles. The third-order valence-corrected chi connectivity index (χ3v) is 1.61. The number of carbonyl (C=O) groups is 1. The normalized spacial score (nSPS) is 23.1. The predicted octanol–water partition coefficient (Wildman–Crippen LogP) is -1.37. The van der Waals surface area contributed by atoms with Gasteiger partial charge in [0.05, 0.1) is 13.7 Å². The lowest BCUT2D eigenvalue weighted by atomic mass is 9.87. The largest absolute Gasteiger partial charge is 0.468 e. The molecule has 1 heterocycles. The van der Waals surface area contributed by atoms with Crippen molar-refractivity contribution in [1.29, 1.82) is 0 Å². The van der Waals surface area contributed by atoms with Crippen molar-refractivity contribution in [2.24, 2.45) is 0 Å². The van der Waals surface area contributed by atoms with Crippen LogP contribution < -0.4 is 5.23 Å². The summed E-state index contributed by atoms with van der Waals surface area (Å²) >= 11 is 0. The first kappa shape index (κ1) is 9.50. The second-order valence-corrected chi connectivity index (χ2v) is 2.72. The van der Waals surface area contributed by atoms with Crippen molar-refractivity contribution in [3.05, 3.63) is 0 Å². The van der Waals surface area contributed by atoms with Crippen LogP contribution in [0.3, 0.4) is 0 Å². The van der Waals surface area contributed by atoms with Crippen LogP contribution >= 0.6 is 0 Å². The molecule has 0 aromatic rings. The van der Waals surface area contributed by atoms with Gasteiger partial charge < -0.3 is 19.7 Å². The molecule has 1 fully saturated rings. The van der Waals surface area contributed by atoms with E-state index in [4.69, 9.17) is 9.76 Å². The molecule has 0 spiro atoms. The first-order valence-electron chi connectivity index (χ1n) is 3.78. The van der Waals surface area contributed by atoms with Crippen LogP contribution in [0.2, 0.25) is 6.82 Å². The van der Waals surface area contributed by atoms with Crippen LogP contribution in [0.1, 0.15) is 0 Å². The van der Waals surface area contributed by atoms with Crippen molar-refractivity contribution in [1.82, 2.24) is 5.23 Å². The van der Waals surface area contributed by atoms with Gasteiger partial charge in [-0.05, 0) is 6.82 Å². The Morgan fingerprint density at radius 3 is 2.83 bits per heavy atom. The lowest BCUT2D eigenvalue weighted by molar-refractivity contribution is -0.143. The molecule has 12 heavy (non-hydrogen) atoms. The predicted molar refractivity (Wildman–Crippen MR) is 42.5 cm³/mol. The molecule has 0 aliphatic carbocycles. The third-order valence-electron chi connectivity index (χ3n) is 1.61. The van der Waals surface area contributed by atoms with Crippen molar-refractivity contribution >= 4 is 13.0 Å². The first-order chi connectivity index (χ1) is 5.65. The minimum absolute atomic E-state index is 0.146. The quantitative estimate of drug-likeness (QED) is 0.311. The molecule has 1 saturated heterocycles. The third kappa shape index (κ3) is 2.47. The zero-order chi connectivity index (χ0) is 9.14. The fourth-order valence-electron chi connectivity index (χ4n) is 0.962. The fraction of sp³-hybridized carbons (Fsp3) is 0.833. The number of ether oxygens (including phenoxy) is 2. The van der Waals surface area contributed by atoms with Gasteiger partial charge in [-0.3, -0.25) is 4.79 Å². The van der Waals surface area contributed by atoms with Gasteiger partial charge in [-0.1, -0.05) is 0 Å². The average molecular weight is 173 g/mol. The molecule has 0 radical (unpaired) electrons. The topological polar surface area (TPSA) is 71.1 Å². The summed E-state index contributed by atoms with van der Waals surface area (Å²) < 4.78 is 9.44. The molecule has 2 N–H and O–H groups in total. The van der Waals surface area contributed by atoms with Crippen molar-refractivity contribution < 1.29 is 19.3 Å². The maximum absolute atomic E-state index is 11.1. The Hall–Kier alpha value is -0.585. The van der Waals surface area contributed by atoms with E-state index < -0.39 is 19.1 Å². The number of hydrogen-bond acceptors (Lipinski definition) is 5. The Labute approximate surface area is 71.2 Å². The summed E-state index contributed by atoms with van der Waals surface area (Å²) in [6, 6.07) is -0.546. The molecule has 0 unspecified atom stereocenters. The summed E-state index contributed by atoms with van der Waals surface area (Å²) in [4.78, 5) is 11.1. The Kier molecular flexibility index (Phi) is 3.08. The lowest BCUT2D eigenvalue weighted by Gasteiger charge is -2.13. The standard InChI is InChI=1S/C6H12BNO4/c1-7(10)8-5(4-3-12-4)6(9)11-2/h4-5,8,10H,3H2,1-2H3/t4-,5+/m1/s1. The van der Waals surface area contributed by atoms with E-state index in [1.54, 1.807) is 6.82 Å². The van der Waals surface area contributed by atoms with Gasteiger partial charge >= 0.3 is 13.0 Å². The van der Waals surface area contributed by atoms with Crippen LogP contribution in [0.15, 0.2) is 0 Å². The molecule has 0 amide bonds. The molecule has 2 atom stereocenters. The van der Waals surface area contributed by atoms with E-state index in [0.717, 1.165) is 0 Å². The van der Waals surface area contributed by atoms with Crippen molar-refractivity contribution in [3.63, 3.8) is 0 Å². The van der Waals surface area contributed by atoms with Crippen molar-refractivity contribution in [3.8, 4) is 0 Å². The van der Waals surface area contributed by atoms with Gasteiger partial charge in [0, 0.05) is 0 Å².